The summed E-state index contributed by atoms with van der Waals surface area (Å²) in [6.07, 6.45) is 4.29. The molecule has 2 heterocycles. The van der Waals surface area contributed by atoms with E-state index in [4.69, 9.17) is 0 Å². The van der Waals surface area contributed by atoms with Crippen LogP contribution >= 0.6 is 0 Å². The quantitative estimate of drug-likeness (QED) is 0.500. The molecule has 2 fully saturated rings. The lowest BCUT2D eigenvalue weighted by atomic mass is 9.85. The van der Waals surface area contributed by atoms with Gasteiger partial charge in [0.15, 0.2) is 5.78 Å². The average Bonchev–Trinajstić information content (AvgIpc) is 3.42. The number of aliphatic hydroxyl groups is 1. The number of aryl methyl sites for hydroxylation is 1. The molecular weight excluding hydrogens is 525 g/mol. The van der Waals surface area contributed by atoms with Crippen molar-refractivity contribution in [1.29, 1.82) is 0 Å². The molecule has 2 aromatic rings. The van der Waals surface area contributed by atoms with Crippen LogP contribution in [-0.4, -0.2) is 69.6 Å². The lowest BCUT2D eigenvalue weighted by Crippen LogP contribution is -2.47. The Balaban J connectivity index is 0.000000242. The minimum Gasteiger partial charge on any atom is -0.391 e. The predicted molar refractivity (Wildman–Crippen MR) is 146 cm³/mol. The number of carbonyl (C=O) groups is 2. The summed E-state index contributed by atoms with van der Waals surface area (Å²) in [7, 11) is -3.33. The number of Topliss-reactive ketones (excluding diaryl/α,β-unsaturated/α-hetero) is 1. The molecule has 2 N–H and O–H groups in total. The molecule has 3 atom stereocenters. The van der Waals surface area contributed by atoms with Gasteiger partial charge in [-0.05, 0) is 56.2 Å². The van der Waals surface area contributed by atoms with E-state index in [-0.39, 0.29) is 35.1 Å². The number of likely N-dealkylation sites (tertiary alicyclic amines) is 1. The Hall–Kier alpha value is -2.86. The van der Waals surface area contributed by atoms with Crippen molar-refractivity contribution in [3.8, 4) is 0 Å². The van der Waals surface area contributed by atoms with Crippen molar-refractivity contribution in [3.63, 3.8) is 0 Å². The van der Waals surface area contributed by atoms with Gasteiger partial charge in [0.25, 0.3) is 0 Å². The SMILES string of the molecule is CC(=O)[C@@H]1CC(O)CN1C(=O)[C@@H](n1cc(C2CC2)nn1)C(C)(C)C.CCCS(=O)(=O)Nc1ccc(C)c(F)c1. The molecule has 2 aliphatic rings. The molecule has 1 amide bonds. The summed E-state index contributed by atoms with van der Waals surface area (Å²) in [5.41, 5.74) is 1.31. The number of amides is 1. The molecule has 1 aliphatic carbocycles. The van der Waals surface area contributed by atoms with E-state index in [2.05, 4.69) is 15.0 Å². The first kappa shape index (κ1) is 30.7. The zero-order valence-electron chi connectivity index (χ0n) is 23.5. The minimum atomic E-state index is -3.33. The van der Waals surface area contributed by atoms with Crippen molar-refractivity contribution in [2.75, 3.05) is 17.0 Å². The molecule has 1 aliphatic heterocycles. The van der Waals surface area contributed by atoms with Crippen molar-refractivity contribution in [1.82, 2.24) is 19.9 Å². The highest BCUT2D eigenvalue weighted by Crippen LogP contribution is 2.40. The molecule has 1 aromatic carbocycles. The van der Waals surface area contributed by atoms with Gasteiger partial charge in [-0.25, -0.2) is 17.5 Å². The Bertz CT molecular complexity index is 1290. The number of aliphatic hydroxyl groups excluding tert-OH is 1. The van der Waals surface area contributed by atoms with Crippen LogP contribution in [0.15, 0.2) is 24.4 Å². The molecule has 1 saturated carbocycles. The minimum absolute atomic E-state index is 0.0441. The number of sulfonamides is 1. The molecule has 216 valence electrons. The van der Waals surface area contributed by atoms with Gasteiger partial charge in [0, 0.05) is 25.1 Å². The van der Waals surface area contributed by atoms with Crippen LogP contribution in [0.25, 0.3) is 0 Å². The van der Waals surface area contributed by atoms with E-state index in [1.165, 1.54) is 17.9 Å². The fourth-order valence-corrected chi connectivity index (χ4v) is 5.74. The molecule has 4 rings (SSSR count). The van der Waals surface area contributed by atoms with Gasteiger partial charge in [0.05, 0.1) is 29.3 Å². The maximum atomic E-state index is 13.2. The highest BCUT2D eigenvalue weighted by atomic mass is 32.2. The smallest absolute Gasteiger partial charge is 0.248 e. The highest BCUT2D eigenvalue weighted by Gasteiger charge is 2.44. The first-order valence-corrected chi connectivity index (χ1v) is 15.0. The molecule has 0 spiro atoms. The largest absolute Gasteiger partial charge is 0.391 e. The monoisotopic (exact) mass is 565 g/mol. The summed E-state index contributed by atoms with van der Waals surface area (Å²) in [6, 6.07) is 3.17. The van der Waals surface area contributed by atoms with Crippen LogP contribution in [0.2, 0.25) is 0 Å². The van der Waals surface area contributed by atoms with Crippen LogP contribution in [-0.2, 0) is 19.6 Å². The molecule has 1 saturated heterocycles. The zero-order chi connectivity index (χ0) is 29.1. The number of benzene rings is 1. The second-order valence-electron chi connectivity index (χ2n) is 11.6. The number of rotatable bonds is 8. The summed E-state index contributed by atoms with van der Waals surface area (Å²) in [5.74, 6) is -0.168. The topological polar surface area (TPSA) is 134 Å². The van der Waals surface area contributed by atoms with Gasteiger partial charge in [-0.3, -0.25) is 14.3 Å². The molecule has 1 unspecified atom stereocenters. The fraction of sp³-hybridized carbons (Fsp3) is 0.630. The number of ketones is 1. The number of aromatic nitrogens is 3. The van der Waals surface area contributed by atoms with Crippen molar-refractivity contribution in [2.45, 2.75) is 91.3 Å². The number of hydrogen-bond donors (Lipinski definition) is 2. The van der Waals surface area contributed by atoms with E-state index in [1.54, 1.807) is 30.7 Å². The standard InChI is InChI=1S/C17H26N4O3.C10H14FNO2S/c1-10(22)14-7-12(23)8-20(14)16(24)15(17(2,3)4)21-9-13(18-19-21)11-5-6-11;1-3-6-15(13,14)12-9-5-4-8(2)10(11)7-9/h9,11-12,14-15,23H,5-8H2,1-4H3;4-5,7,12H,3,6H2,1-2H3/t12?,14-,15+;/m0./s1. The number of nitrogens with one attached hydrogen (secondary N) is 1. The van der Waals surface area contributed by atoms with Gasteiger partial charge in [-0.2, -0.15) is 0 Å². The third kappa shape index (κ3) is 8.07. The third-order valence-corrected chi connectivity index (χ3v) is 8.28. The normalized spacial score (nSPS) is 20.3. The average molecular weight is 566 g/mol. The number of anilines is 1. The van der Waals surface area contributed by atoms with E-state index >= 15 is 0 Å². The van der Waals surface area contributed by atoms with E-state index < -0.39 is 34.0 Å². The number of nitrogens with zero attached hydrogens (tertiary/aromatic N) is 4. The van der Waals surface area contributed by atoms with Crippen molar-refractivity contribution >= 4 is 27.4 Å². The Morgan fingerprint density at radius 2 is 1.92 bits per heavy atom. The van der Waals surface area contributed by atoms with Crippen LogP contribution in [0, 0.1) is 18.2 Å². The Morgan fingerprint density at radius 3 is 2.46 bits per heavy atom. The second kappa shape index (κ2) is 12.1. The van der Waals surface area contributed by atoms with Crippen LogP contribution in [0.4, 0.5) is 10.1 Å². The van der Waals surface area contributed by atoms with E-state index in [0.29, 0.717) is 24.3 Å². The molecule has 1 aromatic heterocycles. The maximum Gasteiger partial charge on any atom is 0.248 e. The van der Waals surface area contributed by atoms with Crippen molar-refractivity contribution in [2.24, 2.45) is 5.41 Å². The molecule has 10 nitrogen and oxygen atoms in total. The maximum absolute atomic E-state index is 13.2. The van der Waals surface area contributed by atoms with Crippen molar-refractivity contribution < 1.29 is 27.5 Å². The number of carbonyl (C=O) groups excluding carboxylic acids is 2. The van der Waals surface area contributed by atoms with Crippen LogP contribution < -0.4 is 4.72 Å². The summed E-state index contributed by atoms with van der Waals surface area (Å²) in [4.78, 5) is 26.6. The molecule has 39 heavy (non-hydrogen) atoms. The van der Waals surface area contributed by atoms with Gasteiger partial charge in [0.2, 0.25) is 15.9 Å². The first-order valence-electron chi connectivity index (χ1n) is 13.3. The number of hydrogen-bond acceptors (Lipinski definition) is 7. The highest BCUT2D eigenvalue weighted by molar-refractivity contribution is 7.92. The molecule has 0 bridgehead atoms. The predicted octanol–water partition coefficient (Wildman–Crippen LogP) is 3.58. The van der Waals surface area contributed by atoms with E-state index in [0.717, 1.165) is 18.5 Å². The lowest BCUT2D eigenvalue weighted by Gasteiger charge is -2.34. The molecule has 12 heteroatoms. The summed E-state index contributed by atoms with van der Waals surface area (Å²) >= 11 is 0. The third-order valence-electron chi connectivity index (χ3n) is 6.79. The van der Waals surface area contributed by atoms with Crippen molar-refractivity contribution in [3.05, 3.63) is 41.5 Å². The Morgan fingerprint density at radius 1 is 1.26 bits per heavy atom. The summed E-state index contributed by atoms with van der Waals surface area (Å²) in [5, 5.41) is 18.3. The van der Waals surface area contributed by atoms with E-state index in [9.17, 15) is 27.5 Å². The van der Waals surface area contributed by atoms with Crippen LogP contribution in [0.1, 0.15) is 83.5 Å². The number of β-amino-alcohol motifs (C(OH)–C–C–N with tert-alkyl or cyclic N) is 1. The number of halogens is 1. The van der Waals surface area contributed by atoms with Crippen LogP contribution in [0.5, 0.6) is 0 Å². The van der Waals surface area contributed by atoms with Crippen LogP contribution in [0.3, 0.4) is 0 Å². The van der Waals surface area contributed by atoms with E-state index in [1.807, 2.05) is 27.0 Å². The molecular formula is C27H40FN5O5S. The fourth-order valence-electron chi connectivity index (χ4n) is 4.62. The van der Waals surface area contributed by atoms with Gasteiger partial charge in [0.1, 0.15) is 11.9 Å². The van der Waals surface area contributed by atoms with Gasteiger partial charge >= 0.3 is 0 Å². The summed E-state index contributed by atoms with van der Waals surface area (Å²) in [6.45, 7) is 11.0. The van der Waals surface area contributed by atoms with Gasteiger partial charge in [-0.1, -0.05) is 39.0 Å². The second-order valence-corrected chi connectivity index (χ2v) is 13.4. The van der Waals surface area contributed by atoms with Gasteiger partial charge in [-0.15, -0.1) is 5.10 Å². The molecule has 0 radical (unpaired) electrons. The van der Waals surface area contributed by atoms with Gasteiger partial charge < -0.3 is 10.0 Å². The summed E-state index contributed by atoms with van der Waals surface area (Å²) < 4.78 is 39.8. The lowest BCUT2D eigenvalue weighted by molar-refractivity contribution is -0.143. The first-order chi connectivity index (χ1) is 18.1. The Labute approximate surface area is 230 Å². The Kier molecular flexibility index (Phi) is 9.53. The zero-order valence-corrected chi connectivity index (χ0v) is 24.3.